The van der Waals surface area contributed by atoms with E-state index < -0.39 is 11.8 Å². The zero-order valence-electron chi connectivity index (χ0n) is 23.2. The molecule has 2 amide bonds. The van der Waals surface area contributed by atoms with Crippen LogP contribution >= 0.6 is 0 Å². The van der Waals surface area contributed by atoms with Gasteiger partial charge in [-0.25, -0.2) is 0 Å². The zero-order chi connectivity index (χ0) is 29.4. The number of H-pyrrole nitrogens is 1. The van der Waals surface area contributed by atoms with E-state index in [0.717, 1.165) is 16.5 Å². The summed E-state index contributed by atoms with van der Waals surface area (Å²) in [5.74, 6) is 5.21. The molecule has 4 aromatic rings. The molecule has 0 spiro atoms. The van der Waals surface area contributed by atoms with Gasteiger partial charge in [-0.2, -0.15) is 0 Å². The van der Waals surface area contributed by atoms with Crippen molar-refractivity contribution in [3.63, 3.8) is 0 Å². The van der Waals surface area contributed by atoms with E-state index in [0.29, 0.717) is 47.4 Å². The Morgan fingerprint density at radius 2 is 1.80 bits per heavy atom. The smallest absolute Gasteiger partial charge is 0.252 e. The first-order valence-electron chi connectivity index (χ1n) is 13.6. The molecule has 0 radical (unpaired) electrons. The maximum Gasteiger partial charge on any atom is 0.252 e. The summed E-state index contributed by atoms with van der Waals surface area (Å²) in [5, 5.41) is 23.3. The fourth-order valence-corrected chi connectivity index (χ4v) is 4.68. The number of aromatic nitrogens is 1. The highest BCUT2D eigenvalue weighted by molar-refractivity contribution is 5.97. The lowest BCUT2D eigenvalue weighted by molar-refractivity contribution is 0.0949. The molecule has 0 bridgehead atoms. The first kappa shape index (κ1) is 29.4. The Kier molecular flexibility index (Phi) is 9.80. The van der Waals surface area contributed by atoms with E-state index in [1.165, 1.54) is 0 Å². The van der Waals surface area contributed by atoms with Crippen molar-refractivity contribution < 1.29 is 24.5 Å². The summed E-state index contributed by atoms with van der Waals surface area (Å²) >= 11 is 0. The molecule has 3 aromatic carbocycles. The van der Waals surface area contributed by atoms with E-state index in [9.17, 15) is 14.7 Å². The number of ether oxygens (including phenoxy) is 1. The van der Waals surface area contributed by atoms with Gasteiger partial charge in [-0.15, -0.1) is 0 Å². The molecule has 4 rings (SSSR count). The summed E-state index contributed by atoms with van der Waals surface area (Å²) in [6.45, 7) is 3.92. The number of benzene rings is 3. The van der Waals surface area contributed by atoms with Crippen molar-refractivity contribution in [3.05, 3.63) is 100 Å². The minimum atomic E-state index is -0.657. The highest BCUT2D eigenvalue weighted by atomic mass is 16.5. The normalized spacial score (nSPS) is 11.6. The Bertz CT molecular complexity index is 1600. The van der Waals surface area contributed by atoms with Crippen molar-refractivity contribution in [3.8, 4) is 17.6 Å². The number of hydrogen-bond acceptors (Lipinski definition) is 5. The van der Waals surface area contributed by atoms with Crippen LogP contribution in [-0.2, 0) is 6.42 Å². The van der Waals surface area contributed by atoms with E-state index in [-0.39, 0.29) is 30.8 Å². The maximum absolute atomic E-state index is 12.6. The van der Waals surface area contributed by atoms with Crippen LogP contribution in [0.25, 0.3) is 10.9 Å². The van der Waals surface area contributed by atoms with E-state index >= 15 is 0 Å². The van der Waals surface area contributed by atoms with E-state index in [1.54, 1.807) is 30.3 Å². The maximum atomic E-state index is 12.6. The molecule has 0 aliphatic heterocycles. The Hall–Kier alpha value is -4.58. The number of carbonyl (C=O) groups is 2. The number of amides is 2. The third-order valence-electron chi connectivity index (χ3n) is 6.63. The standard InChI is InChI=1S/C33H35N3O5/c1-21(2)41-31-28(26(20-38)18-25-19-36-30-10-4-3-9-27(25)30)16-23(17-29(31)32(34)39)12-11-22-7-5-8-24(15-22)33(40)35-13-6-14-37/h3-5,7-10,15-17,19,21,26,36-38H,6,13-14,18,20H2,1-2H3,(H2,34,39)(H,35,40)/t26-/m0/s1. The number of nitrogens with two attached hydrogens (primary N) is 1. The molecule has 0 aliphatic carbocycles. The lowest BCUT2D eigenvalue weighted by atomic mass is 9.88. The zero-order valence-corrected chi connectivity index (χ0v) is 23.2. The van der Waals surface area contributed by atoms with Crippen molar-refractivity contribution in [1.82, 2.24) is 10.3 Å². The monoisotopic (exact) mass is 553 g/mol. The van der Waals surface area contributed by atoms with Gasteiger partial charge < -0.3 is 31.0 Å². The van der Waals surface area contributed by atoms with Crippen LogP contribution in [0.2, 0.25) is 0 Å². The summed E-state index contributed by atoms with van der Waals surface area (Å²) < 4.78 is 6.10. The van der Waals surface area contributed by atoms with Crippen molar-refractivity contribution >= 4 is 22.7 Å². The quantitative estimate of drug-likeness (QED) is 0.142. The minimum absolute atomic E-state index is 0.000984. The van der Waals surface area contributed by atoms with Gasteiger partial charge in [-0.1, -0.05) is 36.1 Å². The third kappa shape index (κ3) is 7.34. The minimum Gasteiger partial charge on any atom is -0.490 e. The number of primary amides is 1. The molecular weight excluding hydrogens is 518 g/mol. The van der Waals surface area contributed by atoms with Crippen molar-refractivity contribution in [2.45, 2.75) is 38.7 Å². The van der Waals surface area contributed by atoms with Gasteiger partial charge in [0.2, 0.25) is 0 Å². The summed E-state index contributed by atoms with van der Waals surface area (Å²) in [4.78, 5) is 28.3. The molecule has 8 heteroatoms. The van der Waals surface area contributed by atoms with Gasteiger partial charge >= 0.3 is 0 Å². The SMILES string of the molecule is CC(C)Oc1c(C(N)=O)cc(C#Cc2cccc(C(=O)NCCCO)c2)cc1[C@H](CO)Cc1c[nH]c2ccccc12. The van der Waals surface area contributed by atoms with E-state index in [4.69, 9.17) is 15.6 Å². The van der Waals surface area contributed by atoms with E-state index in [1.807, 2.05) is 50.4 Å². The topological polar surface area (TPSA) is 138 Å². The van der Waals surface area contributed by atoms with Gasteiger partial charge in [0.25, 0.3) is 11.8 Å². The molecule has 0 aliphatic rings. The van der Waals surface area contributed by atoms with Crippen molar-refractivity contribution in [1.29, 1.82) is 0 Å². The van der Waals surface area contributed by atoms with Gasteiger partial charge in [0.1, 0.15) is 5.75 Å². The summed E-state index contributed by atoms with van der Waals surface area (Å²) in [6, 6.07) is 18.3. The second-order valence-electron chi connectivity index (χ2n) is 10.1. The van der Waals surface area contributed by atoms with Gasteiger partial charge in [-0.3, -0.25) is 9.59 Å². The van der Waals surface area contributed by atoms with Gasteiger partial charge in [0.05, 0.1) is 18.3 Å². The molecule has 1 aromatic heterocycles. The Morgan fingerprint density at radius 3 is 2.54 bits per heavy atom. The number of aliphatic hydroxyl groups is 2. The molecule has 0 saturated carbocycles. The van der Waals surface area contributed by atoms with Crippen LogP contribution in [-0.4, -0.2) is 52.9 Å². The Balaban J connectivity index is 1.73. The molecule has 0 fully saturated rings. The van der Waals surface area contributed by atoms with Crippen LogP contribution < -0.4 is 15.8 Å². The average molecular weight is 554 g/mol. The highest BCUT2D eigenvalue weighted by Crippen LogP contribution is 2.35. The number of nitrogens with one attached hydrogen (secondary N) is 2. The van der Waals surface area contributed by atoms with Crippen LogP contribution in [0.5, 0.6) is 5.75 Å². The summed E-state index contributed by atoms with van der Waals surface area (Å²) in [5.41, 5.74) is 10.2. The number of para-hydroxylation sites is 1. The molecule has 8 nitrogen and oxygen atoms in total. The number of aliphatic hydroxyl groups excluding tert-OH is 2. The van der Waals surface area contributed by atoms with Gasteiger partial charge in [0, 0.05) is 58.4 Å². The highest BCUT2D eigenvalue weighted by Gasteiger charge is 2.24. The van der Waals surface area contributed by atoms with Crippen LogP contribution in [0.15, 0.2) is 66.9 Å². The first-order chi connectivity index (χ1) is 19.8. The second kappa shape index (κ2) is 13.7. The fraction of sp³-hybridized carbons (Fsp3) is 0.273. The predicted octanol–water partition coefficient (Wildman–Crippen LogP) is 3.88. The van der Waals surface area contributed by atoms with Crippen molar-refractivity contribution in [2.75, 3.05) is 19.8 Å². The van der Waals surface area contributed by atoms with E-state index in [2.05, 4.69) is 22.1 Å². The Morgan fingerprint density at radius 1 is 1.02 bits per heavy atom. The van der Waals surface area contributed by atoms with Gasteiger partial charge in [0.15, 0.2) is 0 Å². The number of aromatic amines is 1. The average Bonchev–Trinajstić information content (AvgIpc) is 3.37. The summed E-state index contributed by atoms with van der Waals surface area (Å²) in [7, 11) is 0. The lowest BCUT2D eigenvalue weighted by Crippen LogP contribution is -2.25. The molecule has 41 heavy (non-hydrogen) atoms. The second-order valence-corrected chi connectivity index (χ2v) is 10.1. The Labute approximate surface area is 239 Å². The summed E-state index contributed by atoms with van der Waals surface area (Å²) in [6.07, 6.45) is 2.67. The molecule has 0 unspecified atom stereocenters. The molecule has 212 valence electrons. The molecule has 0 saturated heterocycles. The molecule has 6 N–H and O–H groups in total. The largest absolute Gasteiger partial charge is 0.490 e. The number of rotatable bonds is 11. The first-order valence-corrected chi connectivity index (χ1v) is 13.6. The van der Waals surface area contributed by atoms with Crippen LogP contribution in [0, 0.1) is 11.8 Å². The van der Waals surface area contributed by atoms with Crippen LogP contribution in [0.4, 0.5) is 0 Å². The predicted molar refractivity (Wildman–Crippen MR) is 159 cm³/mol. The van der Waals surface area contributed by atoms with Gasteiger partial charge in [-0.05, 0) is 68.7 Å². The number of carbonyl (C=O) groups excluding carboxylic acids is 2. The lowest BCUT2D eigenvalue weighted by Gasteiger charge is -2.23. The van der Waals surface area contributed by atoms with Crippen molar-refractivity contribution in [2.24, 2.45) is 5.73 Å². The number of fused-ring (bicyclic) bond motifs is 1. The number of hydrogen-bond donors (Lipinski definition) is 5. The van der Waals surface area contributed by atoms with Crippen LogP contribution in [0.3, 0.4) is 0 Å². The van der Waals surface area contributed by atoms with Crippen LogP contribution in [0.1, 0.15) is 69.2 Å². The third-order valence-corrected chi connectivity index (χ3v) is 6.63. The molecule has 1 atom stereocenters. The molecule has 1 heterocycles. The fourth-order valence-electron chi connectivity index (χ4n) is 4.68. The molecular formula is C33H35N3O5.